The Balaban J connectivity index is 1.97. The third kappa shape index (κ3) is 2.32. The SMILES string of the molecule is CC1(C)CC1NCc1cccc(F)c1Cl. The fourth-order valence-electron chi connectivity index (χ4n) is 1.73. The summed E-state index contributed by atoms with van der Waals surface area (Å²) in [7, 11) is 0. The van der Waals surface area contributed by atoms with Crippen LogP contribution < -0.4 is 5.32 Å². The van der Waals surface area contributed by atoms with Crippen LogP contribution in [-0.4, -0.2) is 6.04 Å². The van der Waals surface area contributed by atoms with Crippen molar-refractivity contribution in [3.8, 4) is 0 Å². The van der Waals surface area contributed by atoms with E-state index >= 15 is 0 Å². The zero-order valence-corrected chi connectivity index (χ0v) is 9.74. The first-order valence-corrected chi connectivity index (χ1v) is 5.55. The van der Waals surface area contributed by atoms with Gasteiger partial charge in [-0.3, -0.25) is 0 Å². The smallest absolute Gasteiger partial charge is 0.142 e. The van der Waals surface area contributed by atoms with Crippen LogP contribution in [0.25, 0.3) is 0 Å². The maximum atomic E-state index is 13.1. The maximum Gasteiger partial charge on any atom is 0.142 e. The number of benzene rings is 1. The van der Waals surface area contributed by atoms with Gasteiger partial charge in [0.05, 0.1) is 5.02 Å². The van der Waals surface area contributed by atoms with Gasteiger partial charge in [0.25, 0.3) is 0 Å². The minimum Gasteiger partial charge on any atom is -0.309 e. The van der Waals surface area contributed by atoms with E-state index in [1.807, 2.05) is 6.07 Å². The molecule has 0 spiro atoms. The number of halogens is 2. The van der Waals surface area contributed by atoms with Crippen LogP contribution in [0.15, 0.2) is 18.2 Å². The van der Waals surface area contributed by atoms with Gasteiger partial charge in [-0.05, 0) is 23.5 Å². The molecule has 82 valence electrons. The zero-order chi connectivity index (χ0) is 11.1. The van der Waals surface area contributed by atoms with Crippen LogP contribution in [0.4, 0.5) is 4.39 Å². The topological polar surface area (TPSA) is 12.0 Å². The molecule has 1 atom stereocenters. The van der Waals surface area contributed by atoms with Crippen molar-refractivity contribution in [2.75, 3.05) is 0 Å². The van der Waals surface area contributed by atoms with E-state index in [0.717, 1.165) is 5.56 Å². The minimum atomic E-state index is -0.342. The molecule has 3 heteroatoms. The summed E-state index contributed by atoms with van der Waals surface area (Å²) in [5.41, 5.74) is 1.22. The van der Waals surface area contributed by atoms with Gasteiger partial charge in [-0.1, -0.05) is 37.6 Å². The molecule has 1 nitrogen and oxygen atoms in total. The van der Waals surface area contributed by atoms with Crippen LogP contribution in [0.3, 0.4) is 0 Å². The van der Waals surface area contributed by atoms with Crippen LogP contribution in [0.5, 0.6) is 0 Å². The van der Waals surface area contributed by atoms with Gasteiger partial charge in [0, 0.05) is 12.6 Å². The molecule has 1 fully saturated rings. The Hall–Kier alpha value is -0.600. The quantitative estimate of drug-likeness (QED) is 0.835. The third-order valence-corrected chi connectivity index (χ3v) is 3.51. The molecular formula is C12H15ClFN. The summed E-state index contributed by atoms with van der Waals surface area (Å²) in [5, 5.41) is 3.62. The fraction of sp³-hybridized carbons (Fsp3) is 0.500. The second-order valence-corrected chi connectivity index (χ2v) is 5.22. The van der Waals surface area contributed by atoms with Crippen molar-refractivity contribution in [2.24, 2.45) is 5.41 Å². The first-order chi connectivity index (χ1) is 7.00. The molecule has 0 heterocycles. The van der Waals surface area contributed by atoms with Gasteiger partial charge in [-0.15, -0.1) is 0 Å². The van der Waals surface area contributed by atoms with Crippen LogP contribution in [0, 0.1) is 11.2 Å². The van der Waals surface area contributed by atoms with E-state index in [1.54, 1.807) is 6.07 Å². The third-order valence-electron chi connectivity index (χ3n) is 3.08. The summed E-state index contributed by atoms with van der Waals surface area (Å²) in [6, 6.07) is 5.47. The molecule has 1 saturated carbocycles. The molecular weight excluding hydrogens is 213 g/mol. The summed E-state index contributed by atoms with van der Waals surface area (Å²) < 4.78 is 13.1. The Bertz CT molecular complexity index is 376. The molecule has 0 aliphatic heterocycles. The van der Waals surface area contributed by atoms with Gasteiger partial charge < -0.3 is 5.32 Å². The maximum absolute atomic E-state index is 13.1. The molecule has 1 aliphatic carbocycles. The highest BCUT2D eigenvalue weighted by Gasteiger charge is 2.45. The first-order valence-electron chi connectivity index (χ1n) is 5.17. The minimum absolute atomic E-state index is 0.239. The average molecular weight is 228 g/mol. The standard InChI is InChI=1S/C12H15ClFN/c1-12(2)6-10(12)15-7-8-4-3-5-9(14)11(8)13/h3-5,10,15H,6-7H2,1-2H3. The van der Waals surface area contributed by atoms with Crippen LogP contribution in [0.1, 0.15) is 25.8 Å². The van der Waals surface area contributed by atoms with Gasteiger partial charge in [0.15, 0.2) is 0 Å². The van der Waals surface area contributed by atoms with E-state index in [-0.39, 0.29) is 10.8 Å². The lowest BCUT2D eigenvalue weighted by molar-refractivity contribution is 0.540. The van der Waals surface area contributed by atoms with Crippen molar-refractivity contribution in [3.63, 3.8) is 0 Å². The van der Waals surface area contributed by atoms with Crippen molar-refractivity contribution in [1.82, 2.24) is 5.32 Å². The molecule has 0 saturated heterocycles. The molecule has 0 amide bonds. The van der Waals surface area contributed by atoms with Crippen molar-refractivity contribution in [2.45, 2.75) is 32.9 Å². The highest BCUT2D eigenvalue weighted by molar-refractivity contribution is 6.31. The molecule has 15 heavy (non-hydrogen) atoms. The van der Waals surface area contributed by atoms with Gasteiger partial charge in [-0.25, -0.2) is 4.39 Å². The molecule has 1 N–H and O–H groups in total. The molecule has 0 bridgehead atoms. The number of hydrogen-bond donors (Lipinski definition) is 1. The van der Waals surface area contributed by atoms with E-state index in [0.29, 0.717) is 18.0 Å². The first kappa shape index (κ1) is 10.9. The Labute approximate surface area is 94.6 Å². The molecule has 1 aliphatic rings. The molecule has 0 aromatic heterocycles. The summed E-state index contributed by atoms with van der Waals surface area (Å²) in [6.45, 7) is 5.08. The van der Waals surface area contributed by atoms with E-state index < -0.39 is 0 Å². The average Bonchev–Trinajstić information content (AvgIpc) is 2.77. The van der Waals surface area contributed by atoms with Crippen LogP contribution in [0.2, 0.25) is 5.02 Å². The molecule has 2 rings (SSSR count). The van der Waals surface area contributed by atoms with Crippen molar-refractivity contribution in [1.29, 1.82) is 0 Å². The lowest BCUT2D eigenvalue weighted by Crippen LogP contribution is -2.20. The van der Waals surface area contributed by atoms with Crippen molar-refractivity contribution < 1.29 is 4.39 Å². The molecule has 1 unspecified atom stereocenters. The van der Waals surface area contributed by atoms with E-state index in [9.17, 15) is 4.39 Å². The highest BCUT2D eigenvalue weighted by atomic mass is 35.5. The number of rotatable bonds is 3. The van der Waals surface area contributed by atoms with E-state index in [4.69, 9.17) is 11.6 Å². The second kappa shape index (κ2) is 3.76. The summed E-state index contributed by atoms with van der Waals surface area (Å²) >= 11 is 5.85. The van der Waals surface area contributed by atoms with Crippen molar-refractivity contribution in [3.05, 3.63) is 34.6 Å². The van der Waals surface area contributed by atoms with Gasteiger partial charge in [-0.2, -0.15) is 0 Å². The Kier molecular flexibility index (Phi) is 2.73. The van der Waals surface area contributed by atoms with E-state index in [2.05, 4.69) is 19.2 Å². The summed E-state index contributed by atoms with van der Waals surface area (Å²) in [5.74, 6) is -0.342. The van der Waals surface area contributed by atoms with Crippen LogP contribution in [-0.2, 0) is 6.54 Å². The molecule has 1 aromatic rings. The Morgan fingerprint density at radius 1 is 1.53 bits per heavy atom. The largest absolute Gasteiger partial charge is 0.309 e. The highest BCUT2D eigenvalue weighted by Crippen LogP contribution is 2.44. The summed E-state index contributed by atoms with van der Waals surface area (Å²) in [6.07, 6.45) is 1.18. The number of hydrogen-bond acceptors (Lipinski definition) is 1. The normalized spacial score (nSPS) is 22.8. The molecule has 1 aromatic carbocycles. The second-order valence-electron chi connectivity index (χ2n) is 4.84. The lowest BCUT2D eigenvalue weighted by Gasteiger charge is -2.08. The van der Waals surface area contributed by atoms with Gasteiger partial charge >= 0.3 is 0 Å². The van der Waals surface area contributed by atoms with E-state index in [1.165, 1.54) is 12.5 Å². The number of nitrogens with one attached hydrogen (secondary N) is 1. The van der Waals surface area contributed by atoms with Gasteiger partial charge in [0.2, 0.25) is 0 Å². The predicted molar refractivity (Wildman–Crippen MR) is 60.4 cm³/mol. The monoisotopic (exact) mass is 227 g/mol. The van der Waals surface area contributed by atoms with Crippen LogP contribution >= 0.6 is 11.6 Å². The fourth-order valence-corrected chi connectivity index (χ4v) is 1.93. The zero-order valence-electron chi connectivity index (χ0n) is 8.98. The molecule has 0 radical (unpaired) electrons. The summed E-state index contributed by atoms with van der Waals surface area (Å²) in [4.78, 5) is 0. The predicted octanol–water partition coefficient (Wildman–Crippen LogP) is 3.37. The Morgan fingerprint density at radius 2 is 2.20 bits per heavy atom. The lowest BCUT2D eigenvalue weighted by atomic mass is 10.2. The van der Waals surface area contributed by atoms with Crippen molar-refractivity contribution >= 4 is 11.6 Å². The Morgan fingerprint density at radius 3 is 2.80 bits per heavy atom. The van der Waals surface area contributed by atoms with Gasteiger partial charge in [0.1, 0.15) is 5.82 Å².